The van der Waals surface area contributed by atoms with Gasteiger partial charge in [0.05, 0.1) is 0 Å². The van der Waals surface area contributed by atoms with E-state index >= 15 is 0 Å². The summed E-state index contributed by atoms with van der Waals surface area (Å²) in [5, 5.41) is 3.39. The van der Waals surface area contributed by atoms with Gasteiger partial charge in [-0.05, 0) is 26.8 Å². The summed E-state index contributed by atoms with van der Waals surface area (Å²) in [4.78, 5) is 5.21. The van der Waals surface area contributed by atoms with Crippen molar-refractivity contribution in [3.05, 3.63) is 0 Å². The molecular formula is C13H29N3. The molecule has 1 heterocycles. The summed E-state index contributed by atoms with van der Waals surface area (Å²) in [6.45, 7) is 17.5. The second kappa shape index (κ2) is 6.58. The molecule has 0 atom stereocenters. The second-order valence-electron chi connectivity index (χ2n) is 5.35. The summed E-state index contributed by atoms with van der Waals surface area (Å²) >= 11 is 0. The fourth-order valence-electron chi connectivity index (χ4n) is 2.21. The molecule has 1 aliphatic rings. The van der Waals surface area contributed by atoms with Crippen LogP contribution >= 0.6 is 0 Å². The van der Waals surface area contributed by atoms with Crippen molar-refractivity contribution in [1.29, 1.82) is 0 Å². The standard InChI is InChI=1S/C13H29N3/c1-5-13(3,4)16-11-9-15(10-12-16)8-7-14-6-2/h14H,5-12H2,1-4H3. The molecule has 1 fully saturated rings. The summed E-state index contributed by atoms with van der Waals surface area (Å²) in [7, 11) is 0. The SMILES string of the molecule is CCNCCN1CCN(C(C)(C)CC)CC1. The molecule has 1 N–H and O–H groups in total. The predicted molar refractivity (Wildman–Crippen MR) is 70.9 cm³/mol. The average Bonchev–Trinajstić information content (AvgIpc) is 2.30. The van der Waals surface area contributed by atoms with E-state index in [1.165, 1.54) is 39.1 Å². The zero-order chi connectivity index (χ0) is 12.0. The number of rotatable bonds is 6. The third-order valence-corrected chi connectivity index (χ3v) is 3.95. The van der Waals surface area contributed by atoms with E-state index < -0.39 is 0 Å². The first-order valence-electron chi connectivity index (χ1n) is 6.78. The van der Waals surface area contributed by atoms with Crippen molar-refractivity contribution in [1.82, 2.24) is 15.1 Å². The highest BCUT2D eigenvalue weighted by atomic mass is 15.3. The highest BCUT2D eigenvalue weighted by Gasteiger charge is 2.27. The molecular weight excluding hydrogens is 198 g/mol. The molecule has 96 valence electrons. The number of nitrogens with zero attached hydrogens (tertiary/aromatic N) is 2. The molecule has 16 heavy (non-hydrogen) atoms. The minimum Gasteiger partial charge on any atom is -0.316 e. The van der Waals surface area contributed by atoms with Crippen molar-refractivity contribution < 1.29 is 0 Å². The summed E-state index contributed by atoms with van der Waals surface area (Å²) in [5.41, 5.74) is 0.383. The fraction of sp³-hybridized carbons (Fsp3) is 1.00. The van der Waals surface area contributed by atoms with Crippen molar-refractivity contribution in [3.63, 3.8) is 0 Å². The molecule has 0 aromatic carbocycles. The van der Waals surface area contributed by atoms with E-state index in [1.807, 2.05) is 0 Å². The summed E-state index contributed by atoms with van der Waals surface area (Å²) < 4.78 is 0. The Kier molecular flexibility index (Phi) is 5.73. The minimum atomic E-state index is 0.383. The molecule has 1 aliphatic heterocycles. The van der Waals surface area contributed by atoms with Crippen LogP contribution < -0.4 is 5.32 Å². The van der Waals surface area contributed by atoms with Gasteiger partial charge in [-0.3, -0.25) is 9.80 Å². The van der Waals surface area contributed by atoms with Crippen LogP contribution in [0.15, 0.2) is 0 Å². The molecule has 1 saturated heterocycles. The van der Waals surface area contributed by atoms with E-state index in [2.05, 4.69) is 42.8 Å². The van der Waals surface area contributed by atoms with E-state index in [-0.39, 0.29) is 0 Å². The molecule has 0 aromatic rings. The maximum Gasteiger partial charge on any atom is 0.0151 e. The summed E-state index contributed by atoms with van der Waals surface area (Å²) in [5.74, 6) is 0. The van der Waals surface area contributed by atoms with Gasteiger partial charge >= 0.3 is 0 Å². The molecule has 0 spiro atoms. The normalized spacial score (nSPS) is 20.2. The highest BCUT2D eigenvalue weighted by molar-refractivity contribution is 4.84. The molecule has 1 rings (SSSR count). The Morgan fingerprint density at radius 2 is 1.69 bits per heavy atom. The maximum absolute atomic E-state index is 3.39. The summed E-state index contributed by atoms with van der Waals surface area (Å²) in [6, 6.07) is 0. The minimum absolute atomic E-state index is 0.383. The lowest BCUT2D eigenvalue weighted by molar-refractivity contribution is 0.0505. The van der Waals surface area contributed by atoms with Gasteiger partial charge in [0, 0.05) is 44.8 Å². The third kappa shape index (κ3) is 4.04. The maximum atomic E-state index is 3.39. The van der Waals surface area contributed by atoms with E-state index in [9.17, 15) is 0 Å². The monoisotopic (exact) mass is 227 g/mol. The van der Waals surface area contributed by atoms with Gasteiger partial charge in [-0.2, -0.15) is 0 Å². The van der Waals surface area contributed by atoms with E-state index in [0.29, 0.717) is 5.54 Å². The Morgan fingerprint density at radius 3 is 2.19 bits per heavy atom. The van der Waals surface area contributed by atoms with Crippen molar-refractivity contribution >= 4 is 0 Å². The topological polar surface area (TPSA) is 18.5 Å². The smallest absolute Gasteiger partial charge is 0.0151 e. The molecule has 0 aliphatic carbocycles. The Bertz CT molecular complexity index is 184. The van der Waals surface area contributed by atoms with Crippen LogP contribution in [-0.4, -0.2) is 61.2 Å². The molecule has 0 amide bonds. The van der Waals surface area contributed by atoms with Crippen LogP contribution in [0.3, 0.4) is 0 Å². The zero-order valence-corrected chi connectivity index (χ0v) is 11.6. The van der Waals surface area contributed by atoms with Gasteiger partial charge in [-0.25, -0.2) is 0 Å². The van der Waals surface area contributed by atoms with E-state index in [4.69, 9.17) is 0 Å². The lowest BCUT2D eigenvalue weighted by Crippen LogP contribution is -2.55. The van der Waals surface area contributed by atoms with Gasteiger partial charge in [0.2, 0.25) is 0 Å². The van der Waals surface area contributed by atoms with Crippen molar-refractivity contribution in [2.24, 2.45) is 0 Å². The zero-order valence-electron chi connectivity index (χ0n) is 11.6. The molecule has 0 aromatic heterocycles. The molecule has 0 saturated carbocycles. The van der Waals surface area contributed by atoms with Gasteiger partial charge < -0.3 is 5.32 Å². The summed E-state index contributed by atoms with van der Waals surface area (Å²) in [6.07, 6.45) is 1.24. The molecule has 3 heteroatoms. The van der Waals surface area contributed by atoms with Crippen molar-refractivity contribution in [3.8, 4) is 0 Å². The first kappa shape index (κ1) is 13.9. The average molecular weight is 227 g/mol. The van der Waals surface area contributed by atoms with Crippen LogP contribution in [-0.2, 0) is 0 Å². The molecule has 3 nitrogen and oxygen atoms in total. The largest absolute Gasteiger partial charge is 0.316 e. The Balaban J connectivity index is 2.23. The second-order valence-corrected chi connectivity index (χ2v) is 5.35. The van der Waals surface area contributed by atoms with Gasteiger partial charge in [-0.15, -0.1) is 0 Å². The highest BCUT2D eigenvalue weighted by Crippen LogP contribution is 2.19. The van der Waals surface area contributed by atoms with Crippen LogP contribution in [0.25, 0.3) is 0 Å². The number of hydrogen-bond acceptors (Lipinski definition) is 3. The van der Waals surface area contributed by atoms with Gasteiger partial charge in [0.15, 0.2) is 0 Å². The predicted octanol–water partition coefficient (Wildman–Crippen LogP) is 1.40. The lowest BCUT2D eigenvalue weighted by Gasteiger charge is -2.43. The van der Waals surface area contributed by atoms with Crippen molar-refractivity contribution in [2.75, 3.05) is 45.8 Å². The van der Waals surface area contributed by atoms with Gasteiger partial charge in [0.25, 0.3) is 0 Å². The molecule has 0 bridgehead atoms. The van der Waals surface area contributed by atoms with E-state index in [0.717, 1.165) is 13.1 Å². The Morgan fingerprint density at radius 1 is 1.06 bits per heavy atom. The van der Waals surface area contributed by atoms with Crippen LogP contribution in [0.1, 0.15) is 34.1 Å². The number of hydrogen-bond donors (Lipinski definition) is 1. The van der Waals surface area contributed by atoms with E-state index in [1.54, 1.807) is 0 Å². The van der Waals surface area contributed by atoms with Gasteiger partial charge in [0.1, 0.15) is 0 Å². The number of likely N-dealkylation sites (N-methyl/N-ethyl adjacent to an activating group) is 1. The lowest BCUT2D eigenvalue weighted by atomic mass is 9.98. The van der Waals surface area contributed by atoms with Crippen LogP contribution in [0.4, 0.5) is 0 Å². The van der Waals surface area contributed by atoms with Crippen molar-refractivity contribution in [2.45, 2.75) is 39.7 Å². The quantitative estimate of drug-likeness (QED) is 0.692. The number of nitrogens with one attached hydrogen (secondary N) is 1. The Labute approximate surface area is 101 Å². The first-order valence-corrected chi connectivity index (χ1v) is 6.78. The van der Waals surface area contributed by atoms with Crippen LogP contribution in [0, 0.1) is 0 Å². The van der Waals surface area contributed by atoms with Crippen LogP contribution in [0.2, 0.25) is 0 Å². The third-order valence-electron chi connectivity index (χ3n) is 3.95. The van der Waals surface area contributed by atoms with Crippen LogP contribution in [0.5, 0.6) is 0 Å². The first-order chi connectivity index (χ1) is 7.60. The Hall–Kier alpha value is -0.120. The molecule has 0 unspecified atom stereocenters. The number of piperazine rings is 1. The molecule has 0 radical (unpaired) electrons. The van der Waals surface area contributed by atoms with Gasteiger partial charge in [-0.1, -0.05) is 13.8 Å². The fourth-order valence-corrected chi connectivity index (χ4v) is 2.21.